The number of nitrogens with two attached hydrogens (primary N) is 1. The van der Waals surface area contributed by atoms with Gasteiger partial charge in [-0.25, -0.2) is 4.39 Å². The van der Waals surface area contributed by atoms with E-state index in [-0.39, 0.29) is 41.1 Å². The number of nitrogen functional groups attached to an aromatic ring is 1. The van der Waals surface area contributed by atoms with Gasteiger partial charge in [-0.2, -0.15) is 8.78 Å². The molecule has 3 amide bonds. The SMILES string of the molecule is COC[C@@]1(F)C[C@@H](C(=O)NC(CO)c2cc(C(=N)N)cs2)N(C(=O)CNC(=O)c2ccc3c(c2)-c2ccccc2C3(F)F)C1. The number of fused-ring (bicyclic) bond motifs is 3. The van der Waals surface area contributed by atoms with Crippen LogP contribution < -0.4 is 16.4 Å². The molecule has 232 valence electrons. The first-order chi connectivity index (χ1) is 20.9. The van der Waals surface area contributed by atoms with Crippen LogP contribution in [0.15, 0.2) is 53.9 Å². The topological polar surface area (TPSA) is 158 Å². The highest BCUT2D eigenvalue weighted by atomic mass is 32.1. The normalized spacial score (nSPS) is 20.5. The number of carbonyl (C=O) groups excluding carboxylic acids is 3. The first-order valence-electron chi connectivity index (χ1n) is 13.6. The molecule has 44 heavy (non-hydrogen) atoms. The number of alkyl halides is 3. The van der Waals surface area contributed by atoms with Gasteiger partial charge < -0.3 is 31.1 Å². The Balaban J connectivity index is 1.29. The van der Waals surface area contributed by atoms with Crippen LogP contribution in [0.25, 0.3) is 11.1 Å². The van der Waals surface area contributed by atoms with Crippen molar-refractivity contribution in [2.45, 2.75) is 30.1 Å². The zero-order valence-corrected chi connectivity index (χ0v) is 24.3. The lowest BCUT2D eigenvalue weighted by Crippen LogP contribution is -2.50. The van der Waals surface area contributed by atoms with E-state index in [1.54, 1.807) is 23.6 Å². The highest BCUT2D eigenvalue weighted by Crippen LogP contribution is 2.50. The van der Waals surface area contributed by atoms with Crippen molar-refractivity contribution in [2.75, 3.05) is 33.4 Å². The molecule has 5 rings (SSSR count). The Kier molecular flexibility index (Phi) is 8.51. The van der Waals surface area contributed by atoms with Crippen molar-refractivity contribution in [3.63, 3.8) is 0 Å². The highest BCUT2D eigenvalue weighted by Gasteiger charge is 2.50. The maximum atomic E-state index is 15.6. The van der Waals surface area contributed by atoms with Crippen LogP contribution >= 0.6 is 11.3 Å². The summed E-state index contributed by atoms with van der Waals surface area (Å²) in [6.45, 7) is -1.96. The van der Waals surface area contributed by atoms with E-state index < -0.39 is 61.1 Å². The second kappa shape index (κ2) is 12.0. The third-order valence-corrected chi connectivity index (χ3v) is 8.81. The van der Waals surface area contributed by atoms with Crippen molar-refractivity contribution >= 4 is 34.9 Å². The molecule has 1 unspecified atom stereocenters. The van der Waals surface area contributed by atoms with Crippen molar-refractivity contribution < 1.29 is 37.4 Å². The first kappa shape index (κ1) is 31.2. The summed E-state index contributed by atoms with van der Waals surface area (Å²) in [6, 6.07) is 9.14. The van der Waals surface area contributed by atoms with Gasteiger partial charge in [-0.05, 0) is 29.3 Å². The molecule has 0 bridgehead atoms. The molecular weight excluding hydrogens is 599 g/mol. The number of amidine groups is 1. The van der Waals surface area contributed by atoms with E-state index in [2.05, 4.69) is 10.6 Å². The van der Waals surface area contributed by atoms with Crippen molar-refractivity contribution in [1.82, 2.24) is 15.5 Å². The van der Waals surface area contributed by atoms with Crippen molar-refractivity contribution in [2.24, 2.45) is 5.73 Å². The lowest BCUT2D eigenvalue weighted by molar-refractivity contribution is -0.138. The molecule has 1 aliphatic carbocycles. The molecule has 10 nitrogen and oxygen atoms in total. The molecule has 0 spiro atoms. The number of ether oxygens (including phenoxy) is 1. The quantitative estimate of drug-likeness (QED) is 0.171. The van der Waals surface area contributed by atoms with Crippen LogP contribution in [-0.2, 0) is 20.2 Å². The molecule has 1 fully saturated rings. The van der Waals surface area contributed by atoms with Crippen LogP contribution in [-0.4, -0.2) is 78.7 Å². The number of carbonyl (C=O) groups is 3. The van der Waals surface area contributed by atoms with Crippen LogP contribution in [0.4, 0.5) is 13.2 Å². The van der Waals surface area contributed by atoms with Gasteiger partial charge in [0.2, 0.25) is 11.8 Å². The Morgan fingerprint density at radius 2 is 1.86 bits per heavy atom. The van der Waals surface area contributed by atoms with Crippen LogP contribution in [0, 0.1) is 5.41 Å². The van der Waals surface area contributed by atoms with Crippen LogP contribution in [0.3, 0.4) is 0 Å². The van der Waals surface area contributed by atoms with Gasteiger partial charge in [0.1, 0.15) is 11.9 Å². The molecule has 0 saturated carbocycles. The molecule has 1 aliphatic heterocycles. The Morgan fingerprint density at radius 3 is 2.55 bits per heavy atom. The predicted molar refractivity (Wildman–Crippen MR) is 156 cm³/mol. The monoisotopic (exact) mass is 629 g/mol. The third kappa shape index (κ3) is 5.79. The number of aliphatic hydroxyl groups excluding tert-OH is 1. The summed E-state index contributed by atoms with van der Waals surface area (Å²) in [7, 11) is 1.29. The van der Waals surface area contributed by atoms with E-state index >= 15 is 4.39 Å². The van der Waals surface area contributed by atoms with Crippen LogP contribution in [0.5, 0.6) is 0 Å². The van der Waals surface area contributed by atoms with Gasteiger partial charge in [0, 0.05) is 46.0 Å². The predicted octanol–water partition coefficient (Wildman–Crippen LogP) is 2.69. The fourth-order valence-corrected chi connectivity index (χ4v) is 6.58. The average Bonchev–Trinajstić information content (AvgIpc) is 3.69. The van der Waals surface area contributed by atoms with Crippen LogP contribution in [0.2, 0.25) is 0 Å². The maximum absolute atomic E-state index is 15.6. The smallest absolute Gasteiger partial charge is 0.299 e. The molecule has 1 saturated heterocycles. The molecule has 2 aromatic carbocycles. The highest BCUT2D eigenvalue weighted by molar-refractivity contribution is 7.10. The fourth-order valence-electron chi connectivity index (χ4n) is 5.63. The summed E-state index contributed by atoms with van der Waals surface area (Å²) in [4.78, 5) is 41.1. The number of halogens is 3. The molecular formula is C30H30F3N5O5S. The number of likely N-dealkylation sites (tertiary alicyclic amines) is 1. The largest absolute Gasteiger partial charge is 0.394 e. The average molecular weight is 630 g/mol. The van der Waals surface area contributed by atoms with Crippen molar-refractivity contribution in [3.05, 3.63) is 81.0 Å². The summed E-state index contributed by atoms with van der Waals surface area (Å²) in [5.74, 6) is -5.58. The Hall–Kier alpha value is -4.27. The molecule has 14 heteroatoms. The Bertz CT molecular complexity index is 1630. The number of nitrogens with one attached hydrogen (secondary N) is 3. The molecule has 2 heterocycles. The fraction of sp³-hybridized carbons (Fsp3) is 0.333. The van der Waals surface area contributed by atoms with Crippen molar-refractivity contribution in [3.8, 4) is 11.1 Å². The summed E-state index contributed by atoms with van der Waals surface area (Å²) >= 11 is 1.16. The van der Waals surface area contributed by atoms with E-state index in [1.807, 2.05) is 0 Å². The number of aliphatic hydroxyl groups is 1. The first-order valence-corrected chi connectivity index (χ1v) is 14.5. The maximum Gasteiger partial charge on any atom is 0.299 e. The van der Waals surface area contributed by atoms with Gasteiger partial charge in [-0.1, -0.05) is 30.3 Å². The number of thiophene rings is 1. The zero-order chi connectivity index (χ0) is 31.8. The van der Waals surface area contributed by atoms with Gasteiger partial charge in [-0.3, -0.25) is 19.8 Å². The number of rotatable bonds is 10. The number of nitrogens with zero attached hydrogens (tertiary/aromatic N) is 1. The van der Waals surface area contributed by atoms with E-state index in [0.717, 1.165) is 16.2 Å². The van der Waals surface area contributed by atoms with Gasteiger partial charge in [0.05, 0.1) is 32.3 Å². The van der Waals surface area contributed by atoms with Crippen LogP contribution in [0.1, 0.15) is 44.4 Å². The van der Waals surface area contributed by atoms with E-state index in [4.69, 9.17) is 15.9 Å². The second-order valence-corrected chi connectivity index (χ2v) is 11.7. The minimum Gasteiger partial charge on any atom is -0.394 e. The minimum atomic E-state index is -3.21. The van der Waals surface area contributed by atoms with Gasteiger partial charge in [-0.15, -0.1) is 11.3 Å². The number of hydrogen-bond donors (Lipinski definition) is 5. The summed E-state index contributed by atoms with van der Waals surface area (Å²) in [6.07, 6.45) is -0.383. The number of amides is 3. The van der Waals surface area contributed by atoms with Crippen molar-refractivity contribution in [1.29, 1.82) is 5.41 Å². The number of methoxy groups -OCH3 is 1. The molecule has 1 aromatic heterocycles. The summed E-state index contributed by atoms with van der Waals surface area (Å²) in [5, 5.41) is 24.2. The van der Waals surface area contributed by atoms with E-state index in [1.165, 1.54) is 37.4 Å². The standard InChI is InChI=1S/C30H30F3N5O5S/c1-43-15-29(31)10-23(28(42)37-22(12-39)24-9-17(13-44-24)26(34)35)38(14-29)25(40)11-36-27(41)16-6-7-21-19(8-16)18-4-2-3-5-20(18)30(21,32)33/h2-9,13,22-23,39H,10-12,14-15H2,1H3,(H3,34,35)(H,36,41)(H,37,42)/t22?,23-,29+/m0/s1. The molecule has 3 aromatic rings. The van der Waals surface area contributed by atoms with E-state index in [0.29, 0.717) is 16.0 Å². The van der Waals surface area contributed by atoms with Gasteiger partial charge in [0.15, 0.2) is 5.67 Å². The van der Waals surface area contributed by atoms with Gasteiger partial charge >= 0.3 is 0 Å². The lowest BCUT2D eigenvalue weighted by Gasteiger charge is -2.25. The number of hydrogen-bond acceptors (Lipinski definition) is 7. The summed E-state index contributed by atoms with van der Waals surface area (Å²) in [5.41, 5.74) is 4.05. The molecule has 3 atom stereocenters. The molecule has 0 radical (unpaired) electrons. The van der Waals surface area contributed by atoms with Gasteiger partial charge in [0.25, 0.3) is 11.8 Å². The Morgan fingerprint density at radius 1 is 1.14 bits per heavy atom. The molecule has 6 N–H and O–H groups in total. The lowest BCUT2D eigenvalue weighted by atomic mass is 10.0. The Labute approximate surface area is 254 Å². The minimum absolute atomic E-state index is 0.0469. The van der Waals surface area contributed by atoms with E-state index in [9.17, 15) is 28.3 Å². The molecule has 2 aliphatic rings. The second-order valence-electron chi connectivity index (χ2n) is 10.8. The summed E-state index contributed by atoms with van der Waals surface area (Å²) < 4.78 is 50.4. The third-order valence-electron chi connectivity index (χ3n) is 7.76. The zero-order valence-electron chi connectivity index (χ0n) is 23.5. The number of benzene rings is 2.